The van der Waals surface area contributed by atoms with Crippen LogP contribution < -0.4 is 0 Å². The van der Waals surface area contributed by atoms with Crippen LogP contribution in [0.4, 0.5) is 13.6 Å². The number of rotatable bonds is 11. The summed E-state index contributed by atoms with van der Waals surface area (Å²) < 4.78 is 43.2. The van der Waals surface area contributed by atoms with E-state index >= 15 is 0 Å². The third-order valence-corrected chi connectivity index (χ3v) is 8.98. The van der Waals surface area contributed by atoms with Gasteiger partial charge in [-0.3, -0.25) is 9.58 Å². The molecule has 3 aromatic heterocycles. The lowest BCUT2D eigenvalue weighted by Gasteiger charge is -2.42. The molecule has 0 aliphatic carbocycles. The summed E-state index contributed by atoms with van der Waals surface area (Å²) >= 11 is 0. The maximum Gasteiger partial charge on any atom is 0.410 e. The first-order valence-corrected chi connectivity index (χ1v) is 18.3. The van der Waals surface area contributed by atoms with Crippen molar-refractivity contribution in [1.82, 2.24) is 34.1 Å². The molecular weight excluding hydrogens is 574 g/mol. The van der Waals surface area contributed by atoms with Crippen LogP contribution in [0.15, 0.2) is 31.0 Å². The first-order chi connectivity index (χ1) is 20.3. The van der Waals surface area contributed by atoms with E-state index in [4.69, 9.17) is 9.47 Å². The summed E-state index contributed by atoms with van der Waals surface area (Å²) in [6.07, 6.45) is 3.66. The summed E-state index contributed by atoms with van der Waals surface area (Å²) in [6, 6.07) is 3.52. The first-order valence-electron chi connectivity index (χ1n) is 14.5. The van der Waals surface area contributed by atoms with Crippen molar-refractivity contribution in [2.24, 2.45) is 0 Å². The number of nitriles is 1. The molecule has 3 aromatic rings. The number of carbonyl (C=O) groups excluding carboxylic acids is 1. The lowest BCUT2D eigenvalue weighted by atomic mass is 10.1. The van der Waals surface area contributed by atoms with Crippen LogP contribution in [0.25, 0.3) is 22.3 Å². The highest BCUT2D eigenvalue weighted by molar-refractivity contribution is 6.76. The number of hydrogen-bond donors (Lipinski definition) is 0. The zero-order valence-electron chi connectivity index (χ0n) is 25.8. The molecule has 1 aliphatic heterocycles. The topological polar surface area (TPSA) is 114 Å². The molecule has 0 saturated carbocycles. The fourth-order valence-corrected chi connectivity index (χ4v) is 5.72. The molecule has 0 radical (unpaired) electrons. The summed E-state index contributed by atoms with van der Waals surface area (Å²) in [6.45, 7) is 13.7. The Morgan fingerprint density at radius 1 is 1.23 bits per heavy atom. The van der Waals surface area contributed by atoms with E-state index in [1.807, 2.05) is 16.8 Å². The molecule has 14 heteroatoms. The molecule has 1 amide bonds. The first kappa shape index (κ1) is 32.5. The van der Waals surface area contributed by atoms with Gasteiger partial charge in [0.05, 0.1) is 36.5 Å². The standard InChI is InChI=1S/C29H42F2N8O3Si/c1-29(2,3)42-28(40)37-12-11-36(24(18-37)26(30)31)17-22(7-9-32)39-16-21(15-35-39)25-23-8-10-38(27(23)34-19-33-25)20-41-13-14-43(4,5)6/h8,10,15-16,19,22,24,26H,7,11-14,17-18,20H2,1-6H3. The minimum absolute atomic E-state index is 0.0771. The van der Waals surface area contributed by atoms with Crippen molar-refractivity contribution in [2.75, 3.05) is 32.8 Å². The van der Waals surface area contributed by atoms with Gasteiger partial charge in [0, 0.05) is 64.2 Å². The van der Waals surface area contributed by atoms with E-state index in [1.165, 1.54) is 11.2 Å². The Bertz CT molecular complexity index is 1430. The fraction of sp³-hybridized carbons (Fsp3) is 0.621. The Balaban J connectivity index is 1.48. The Labute approximate surface area is 252 Å². The molecule has 1 saturated heterocycles. The second-order valence-electron chi connectivity index (χ2n) is 13.1. The monoisotopic (exact) mass is 616 g/mol. The SMILES string of the molecule is CC(C)(C)OC(=O)N1CCN(CC(CC#N)n2cc(-c3ncnc4c3ccn4COCC[Si](C)(C)C)cn2)C(C(F)F)C1. The number of piperazine rings is 1. The molecule has 11 nitrogen and oxygen atoms in total. The Hall–Kier alpha value is -3.41. The second-order valence-corrected chi connectivity index (χ2v) is 18.8. The normalized spacial score (nSPS) is 17.4. The predicted octanol–water partition coefficient (Wildman–Crippen LogP) is 5.25. The molecule has 0 spiro atoms. The third kappa shape index (κ3) is 8.58. The van der Waals surface area contributed by atoms with Gasteiger partial charge in [-0.05, 0) is 32.9 Å². The van der Waals surface area contributed by atoms with Crippen molar-refractivity contribution in [2.45, 2.75) is 83.7 Å². The van der Waals surface area contributed by atoms with Gasteiger partial charge >= 0.3 is 6.09 Å². The van der Waals surface area contributed by atoms with Crippen LogP contribution in [-0.2, 0) is 16.2 Å². The minimum Gasteiger partial charge on any atom is -0.444 e. The van der Waals surface area contributed by atoms with Crippen molar-refractivity contribution in [1.29, 1.82) is 5.26 Å². The molecule has 1 aliphatic rings. The summed E-state index contributed by atoms with van der Waals surface area (Å²) in [5, 5.41) is 14.9. The van der Waals surface area contributed by atoms with Gasteiger partial charge in [-0.25, -0.2) is 23.5 Å². The number of fused-ring (bicyclic) bond motifs is 1. The molecule has 0 bridgehead atoms. The minimum atomic E-state index is -2.68. The summed E-state index contributed by atoms with van der Waals surface area (Å²) in [5.74, 6) is 0. The Morgan fingerprint density at radius 2 is 2.00 bits per heavy atom. The van der Waals surface area contributed by atoms with E-state index in [0.717, 1.165) is 22.6 Å². The van der Waals surface area contributed by atoms with E-state index in [-0.39, 0.29) is 32.6 Å². The molecule has 2 atom stereocenters. The molecule has 4 rings (SSSR count). The number of nitrogens with zero attached hydrogens (tertiary/aromatic N) is 8. The highest BCUT2D eigenvalue weighted by atomic mass is 28.3. The lowest BCUT2D eigenvalue weighted by Crippen LogP contribution is -2.58. The maximum absolute atomic E-state index is 14.2. The van der Waals surface area contributed by atoms with Crippen LogP contribution in [-0.4, -0.2) is 99.1 Å². The van der Waals surface area contributed by atoms with Gasteiger partial charge in [0.2, 0.25) is 0 Å². The number of carbonyl (C=O) groups is 1. The zero-order valence-corrected chi connectivity index (χ0v) is 26.8. The van der Waals surface area contributed by atoms with Crippen LogP contribution >= 0.6 is 0 Å². The average Bonchev–Trinajstić information content (AvgIpc) is 3.57. The lowest BCUT2D eigenvalue weighted by molar-refractivity contribution is -0.0394. The van der Waals surface area contributed by atoms with Gasteiger partial charge in [0.1, 0.15) is 24.3 Å². The van der Waals surface area contributed by atoms with Crippen LogP contribution in [0.5, 0.6) is 0 Å². The smallest absolute Gasteiger partial charge is 0.410 e. The fourth-order valence-electron chi connectivity index (χ4n) is 4.96. The second kappa shape index (κ2) is 13.5. The van der Waals surface area contributed by atoms with E-state index in [1.54, 1.807) is 42.7 Å². The summed E-state index contributed by atoms with van der Waals surface area (Å²) in [7, 11) is -1.19. The average molecular weight is 617 g/mol. The Morgan fingerprint density at radius 3 is 2.67 bits per heavy atom. The molecular formula is C29H42F2N8O3Si. The molecule has 4 heterocycles. The summed E-state index contributed by atoms with van der Waals surface area (Å²) in [5.41, 5.74) is 1.43. The summed E-state index contributed by atoms with van der Waals surface area (Å²) in [4.78, 5) is 24.5. The van der Waals surface area contributed by atoms with E-state index < -0.39 is 38.3 Å². The van der Waals surface area contributed by atoms with Gasteiger partial charge in [-0.15, -0.1) is 0 Å². The van der Waals surface area contributed by atoms with Crippen molar-refractivity contribution < 1.29 is 23.0 Å². The van der Waals surface area contributed by atoms with Gasteiger partial charge < -0.3 is 18.9 Å². The number of ether oxygens (including phenoxy) is 2. The predicted molar refractivity (Wildman–Crippen MR) is 161 cm³/mol. The maximum atomic E-state index is 14.2. The van der Waals surface area contributed by atoms with Crippen LogP contribution in [0.2, 0.25) is 25.7 Å². The van der Waals surface area contributed by atoms with Crippen LogP contribution in [0.1, 0.15) is 33.2 Å². The largest absolute Gasteiger partial charge is 0.444 e. The van der Waals surface area contributed by atoms with Crippen LogP contribution in [0.3, 0.4) is 0 Å². The number of amides is 1. The van der Waals surface area contributed by atoms with Crippen molar-refractivity contribution >= 4 is 25.2 Å². The zero-order chi connectivity index (χ0) is 31.4. The molecule has 0 N–H and O–H groups in total. The number of alkyl halides is 2. The van der Waals surface area contributed by atoms with Gasteiger partial charge in [-0.1, -0.05) is 19.6 Å². The van der Waals surface area contributed by atoms with Crippen molar-refractivity contribution in [3.63, 3.8) is 0 Å². The quantitative estimate of drug-likeness (QED) is 0.212. The van der Waals surface area contributed by atoms with Gasteiger partial charge in [0.25, 0.3) is 6.43 Å². The highest BCUT2D eigenvalue weighted by Gasteiger charge is 2.38. The highest BCUT2D eigenvalue weighted by Crippen LogP contribution is 2.28. The number of aromatic nitrogens is 5. The van der Waals surface area contributed by atoms with E-state index in [0.29, 0.717) is 19.0 Å². The van der Waals surface area contributed by atoms with Crippen molar-refractivity contribution in [3.05, 3.63) is 31.0 Å². The third-order valence-electron chi connectivity index (χ3n) is 7.28. The van der Waals surface area contributed by atoms with E-state index in [2.05, 4.69) is 40.8 Å². The van der Waals surface area contributed by atoms with Gasteiger partial charge in [0.15, 0.2) is 0 Å². The van der Waals surface area contributed by atoms with Crippen molar-refractivity contribution in [3.8, 4) is 17.3 Å². The van der Waals surface area contributed by atoms with Crippen LogP contribution in [0, 0.1) is 11.3 Å². The molecule has 0 aromatic carbocycles. The molecule has 234 valence electrons. The Kier molecular flexibility index (Phi) is 10.2. The number of halogens is 2. The molecule has 43 heavy (non-hydrogen) atoms. The molecule has 1 fully saturated rings. The molecule has 2 unspecified atom stereocenters. The van der Waals surface area contributed by atoms with Gasteiger partial charge in [-0.2, -0.15) is 10.4 Å². The van der Waals surface area contributed by atoms with E-state index in [9.17, 15) is 18.8 Å². The number of hydrogen-bond acceptors (Lipinski definition) is 8.